The van der Waals surface area contributed by atoms with Gasteiger partial charge in [-0.2, -0.15) is 0 Å². The molecule has 2 nitrogen and oxygen atoms in total. The summed E-state index contributed by atoms with van der Waals surface area (Å²) in [5, 5.41) is 0.865. The van der Waals surface area contributed by atoms with E-state index in [0.717, 1.165) is 35.6 Å². The molecule has 1 amide bonds. The average Bonchev–Trinajstić information content (AvgIpc) is 3.03. The number of fused-ring (bicyclic) bond motifs is 5. The number of carbonyl (C=O) groups is 1. The number of piperidine rings is 1. The first-order chi connectivity index (χ1) is 13.8. The zero-order valence-electron chi connectivity index (χ0n) is 18.1. The standard InChI is InChI=1S/C26H34ClNO/c1-25-14-12-21-19(9-11-23-26(21,2)15-13-24(29)28(23)3)20(25)10-8-18(25)16-17-6-4-5-7-22(17)27/h4-7,16,19-21,23H,8-15H2,1-3H3/b18-16+/t19-,20-,21-,23+,25+,26+/m0/s1. The van der Waals surface area contributed by atoms with Crippen LogP contribution in [0.4, 0.5) is 0 Å². The highest BCUT2D eigenvalue weighted by molar-refractivity contribution is 6.32. The fourth-order valence-electron chi connectivity index (χ4n) is 8.02. The van der Waals surface area contributed by atoms with Gasteiger partial charge in [0.1, 0.15) is 0 Å². The molecular weight excluding hydrogens is 378 g/mol. The quantitative estimate of drug-likeness (QED) is 0.510. The number of allylic oxidation sites excluding steroid dienone is 1. The topological polar surface area (TPSA) is 20.3 Å². The van der Waals surface area contributed by atoms with Gasteiger partial charge in [0.15, 0.2) is 0 Å². The number of rotatable bonds is 1. The molecule has 1 heterocycles. The predicted molar refractivity (Wildman–Crippen MR) is 120 cm³/mol. The predicted octanol–water partition coefficient (Wildman–Crippen LogP) is 6.59. The molecule has 1 aromatic carbocycles. The summed E-state index contributed by atoms with van der Waals surface area (Å²) < 4.78 is 0. The Labute approximate surface area is 180 Å². The Morgan fingerprint density at radius 1 is 1.03 bits per heavy atom. The molecule has 0 N–H and O–H groups in total. The van der Waals surface area contributed by atoms with Crippen LogP contribution in [0.3, 0.4) is 0 Å². The normalized spacial score (nSPS) is 43.1. The second-order valence-electron chi connectivity index (χ2n) is 10.7. The zero-order chi connectivity index (χ0) is 20.4. The van der Waals surface area contributed by atoms with Crippen molar-refractivity contribution in [1.29, 1.82) is 0 Å². The third-order valence-electron chi connectivity index (χ3n) is 9.64. The van der Waals surface area contributed by atoms with Crippen LogP contribution in [-0.4, -0.2) is 23.9 Å². The van der Waals surface area contributed by atoms with Gasteiger partial charge in [0.25, 0.3) is 0 Å². The second kappa shape index (κ2) is 6.87. The molecule has 3 saturated carbocycles. The summed E-state index contributed by atoms with van der Waals surface area (Å²) in [6, 6.07) is 8.71. The number of carbonyl (C=O) groups excluding carboxylic acids is 1. The second-order valence-corrected chi connectivity index (χ2v) is 11.1. The van der Waals surface area contributed by atoms with E-state index < -0.39 is 0 Å². The molecule has 3 heteroatoms. The third-order valence-corrected chi connectivity index (χ3v) is 9.98. The van der Waals surface area contributed by atoms with Gasteiger partial charge < -0.3 is 4.90 Å². The molecule has 1 aliphatic heterocycles. The number of nitrogens with zero attached hydrogens (tertiary/aromatic N) is 1. The maximum absolute atomic E-state index is 12.3. The van der Waals surface area contributed by atoms with Crippen molar-refractivity contribution in [3.63, 3.8) is 0 Å². The molecule has 1 saturated heterocycles. The van der Waals surface area contributed by atoms with E-state index in [1.807, 2.05) is 12.1 Å². The van der Waals surface area contributed by atoms with E-state index >= 15 is 0 Å². The van der Waals surface area contributed by atoms with Crippen LogP contribution >= 0.6 is 11.6 Å². The summed E-state index contributed by atoms with van der Waals surface area (Å²) in [4.78, 5) is 14.4. The highest BCUT2D eigenvalue weighted by Gasteiger charge is 2.60. The van der Waals surface area contributed by atoms with Crippen molar-refractivity contribution in [3.8, 4) is 0 Å². The molecule has 29 heavy (non-hydrogen) atoms. The number of halogens is 1. The smallest absolute Gasteiger partial charge is 0.222 e. The lowest BCUT2D eigenvalue weighted by atomic mass is 9.47. The van der Waals surface area contributed by atoms with Crippen molar-refractivity contribution in [2.75, 3.05) is 7.05 Å². The summed E-state index contributed by atoms with van der Waals surface area (Å²) in [6.45, 7) is 5.05. The van der Waals surface area contributed by atoms with Crippen LogP contribution in [0.25, 0.3) is 6.08 Å². The summed E-state index contributed by atoms with van der Waals surface area (Å²) in [6.07, 6.45) is 11.9. The molecule has 0 unspecified atom stereocenters. The van der Waals surface area contributed by atoms with E-state index in [0.29, 0.717) is 22.8 Å². The fraction of sp³-hybridized carbons (Fsp3) is 0.654. The van der Waals surface area contributed by atoms with Gasteiger partial charge >= 0.3 is 0 Å². The molecule has 156 valence electrons. The number of likely N-dealkylation sites (tertiary alicyclic amines) is 1. The minimum Gasteiger partial charge on any atom is -0.342 e. The van der Waals surface area contributed by atoms with Crippen molar-refractivity contribution < 1.29 is 4.79 Å². The Bertz CT molecular complexity index is 862. The third kappa shape index (κ3) is 2.85. The Hall–Kier alpha value is -1.28. The van der Waals surface area contributed by atoms with E-state index in [9.17, 15) is 4.79 Å². The minimum atomic E-state index is 0.308. The molecule has 0 bridgehead atoms. The number of benzene rings is 1. The molecule has 0 radical (unpaired) electrons. The SMILES string of the molecule is CN1C(=O)CC[C@]2(C)[C@H]3CC[C@]4(C)/C(=C/c5ccccc5Cl)CC[C@H]4[C@@H]3CC[C@@H]12. The number of amides is 1. The molecule has 3 aliphatic carbocycles. The fourth-order valence-corrected chi connectivity index (χ4v) is 8.21. The molecular formula is C26H34ClNO. The zero-order valence-corrected chi connectivity index (χ0v) is 18.8. The lowest BCUT2D eigenvalue weighted by Gasteiger charge is -2.61. The van der Waals surface area contributed by atoms with Gasteiger partial charge in [-0.15, -0.1) is 0 Å². The minimum absolute atomic E-state index is 0.308. The summed E-state index contributed by atoms with van der Waals surface area (Å²) >= 11 is 6.48. The van der Waals surface area contributed by atoms with Crippen molar-refractivity contribution >= 4 is 23.6 Å². The summed E-state index contributed by atoms with van der Waals surface area (Å²) in [5.41, 5.74) is 3.43. The Morgan fingerprint density at radius 2 is 1.83 bits per heavy atom. The van der Waals surface area contributed by atoms with E-state index in [1.54, 1.807) is 5.57 Å². The van der Waals surface area contributed by atoms with Crippen LogP contribution in [0.1, 0.15) is 70.8 Å². The van der Waals surface area contributed by atoms with E-state index in [-0.39, 0.29) is 0 Å². The average molecular weight is 412 g/mol. The summed E-state index contributed by atoms with van der Waals surface area (Å²) in [5.74, 6) is 2.73. The van der Waals surface area contributed by atoms with Crippen LogP contribution in [0, 0.1) is 28.6 Å². The molecule has 5 rings (SSSR count). The molecule has 4 fully saturated rings. The van der Waals surface area contributed by atoms with Crippen LogP contribution < -0.4 is 0 Å². The first-order valence-corrected chi connectivity index (χ1v) is 11.9. The lowest BCUT2D eigenvalue weighted by molar-refractivity contribution is -0.156. The van der Waals surface area contributed by atoms with Gasteiger partial charge in [0.05, 0.1) is 0 Å². The van der Waals surface area contributed by atoms with E-state index in [2.05, 4.69) is 44.0 Å². The van der Waals surface area contributed by atoms with Gasteiger partial charge in [-0.05, 0) is 85.2 Å². The number of hydrogen-bond donors (Lipinski definition) is 0. The van der Waals surface area contributed by atoms with E-state index in [1.165, 1.54) is 44.1 Å². The molecule has 0 spiro atoms. The Balaban J connectivity index is 1.45. The molecule has 4 aliphatic rings. The highest BCUT2D eigenvalue weighted by atomic mass is 35.5. The van der Waals surface area contributed by atoms with Crippen LogP contribution in [0.15, 0.2) is 29.8 Å². The van der Waals surface area contributed by atoms with Crippen LogP contribution in [0.5, 0.6) is 0 Å². The summed E-state index contributed by atoms with van der Waals surface area (Å²) in [7, 11) is 2.05. The first kappa shape index (κ1) is 19.7. The maximum atomic E-state index is 12.3. The number of hydrogen-bond acceptors (Lipinski definition) is 1. The van der Waals surface area contributed by atoms with Crippen LogP contribution in [0.2, 0.25) is 5.02 Å². The lowest BCUT2D eigenvalue weighted by Crippen LogP contribution is -2.61. The van der Waals surface area contributed by atoms with Crippen molar-refractivity contribution in [3.05, 3.63) is 40.4 Å². The molecule has 6 atom stereocenters. The molecule has 0 aromatic heterocycles. The van der Waals surface area contributed by atoms with Gasteiger partial charge in [-0.25, -0.2) is 0 Å². The largest absolute Gasteiger partial charge is 0.342 e. The van der Waals surface area contributed by atoms with Gasteiger partial charge in [-0.3, -0.25) is 4.79 Å². The van der Waals surface area contributed by atoms with Crippen molar-refractivity contribution in [2.24, 2.45) is 28.6 Å². The van der Waals surface area contributed by atoms with E-state index in [4.69, 9.17) is 11.6 Å². The van der Waals surface area contributed by atoms with Gasteiger partial charge in [0, 0.05) is 24.5 Å². The Kier molecular flexibility index (Phi) is 4.66. The Morgan fingerprint density at radius 3 is 2.62 bits per heavy atom. The first-order valence-electron chi connectivity index (χ1n) is 11.6. The maximum Gasteiger partial charge on any atom is 0.222 e. The monoisotopic (exact) mass is 411 g/mol. The van der Waals surface area contributed by atoms with Gasteiger partial charge in [0.2, 0.25) is 5.91 Å². The highest BCUT2D eigenvalue weighted by Crippen LogP contribution is 2.66. The van der Waals surface area contributed by atoms with Crippen LogP contribution in [-0.2, 0) is 4.79 Å². The molecule has 1 aromatic rings. The van der Waals surface area contributed by atoms with Gasteiger partial charge in [-0.1, -0.05) is 55.3 Å². The van der Waals surface area contributed by atoms with Crippen molar-refractivity contribution in [1.82, 2.24) is 4.90 Å². The van der Waals surface area contributed by atoms with Crippen molar-refractivity contribution in [2.45, 2.75) is 71.3 Å².